The molecule has 0 bridgehead atoms. The molecule has 0 saturated carbocycles. The molecular weight excluding hydrogens is 382 g/mol. The lowest BCUT2D eigenvalue weighted by molar-refractivity contribution is 0.0954. The van der Waals surface area contributed by atoms with Crippen molar-refractivity contribution in [3.05, 3.63) is 89.5 Å². The quantitative estimate of drug-likeness (QED) is 0.465. The molecular formula is C23H21N3O4. The molecule has 0 aliphatic rings. The number of ether oxygens (including phenoxy) is 2. The number of benzene rings is 3. The van der Waals surface area contributed by atoms with Gasteiger partial charge in [-0.25, -0.2) is 5.43 Å². The number of carbonyl (C=O) groups is 2. The van der Waals surface area contributed by atoms with Gasteiger partial charge in [0.1, 0.15) is 11.5 Å². The van der Waals surface area contributed by atoms with Crippen LogP contribution >= 0.6 is 0 Å². The maximum absolute atomic E-state index is 12.3. The van der Waals surface area contributed by atoms with Gasteiger partial charge in [-0.15, -0.1) is 0 Å². The molecule has 0 radical (unpaired) electrons. The van der Waals surface area contributed by atoms with E-state index in [1.54, 1.807) is 80.9 Å². The Hall–Kier alpha value is -4.13. The molecule has 0 heterocycles. The van der Waals surface area contributed by atoms with E-state index in [0.717, 1.165) is 0 Å². The van der Waals surface area contributed by atoms with E-state index >= 15 is 0 Å². The minimum atomic E-state index is -0.375. The van der Waals surface area contributed by atoms with Crippen molar-refractivity contribution in [3.63, 3.8) is 0 Å². The molecule has 0 spiro atoms. The van der Waals surface area contributed by atoms with Crippen molar-refractivity contribution in [1.29, 1.82) is 0 Å². The molecule has 0 saturated heterocycles. The second-order valence-electron chi connectivity index (χ2n) is 6.20. The highest BCUT2D eigenvalue weighted by Gasteiger charge is 2.08. The van der Waals surface area contributed by atoms with Crippen LogP contribution in [-0.4, -0.2) is 32.2 Å². The Morgan fingerprint density at radius 2 is 1.53 bits per heavy atom. The van der Waals surface area contributed by atoms with Gasteiger partial charge >= 0.3 is 0 Å². The second-order valence-corrected chi connectivity index (χ2v) is 6.20. The molecule has 0 atom stereocenters. The summed E-state index contributed by atoms with van der Waals surface area (Å²) in [6.07, 6.45) is 1.49. The normalized spacial score (nSPS) is 10.5. The molecule has 0 aliphatic carbocycles. The Balaban J connectivity index is 1.60. The van der Waals surface area contributed by atoms with Crippen LogP contribution in [0.5, 0.6) is 11.5 Å². The molecule has 3 aromatic carbocycles. The van der Waals surface area contributed by atoms with Crippen LogP contribution in [0.25, 0.3) is 0 Å². The molecule has 7 heteroatoms. The zero-order chi connectivity index (χ0) is 21.3. The van der Waals surface area contributed by atoms with Crippen LogP contribution in [0.3, 0.4) is 0 Å². The first-order chi connectivity index (χ1) is 14.6. The van der Waals surface area contributed by atoms with E-state index in [2.05, 4.69) is 15.8 Å². The van der Waals surface area contributed by atoms with Crippen molar-refractivity contribution in [2.45, 2.75) is 0 Å². The number of amides is 2. The summed E-state index contributed by atoms with van der Waals surface area (Å²) in [5.41, 5.74) is 4.72. The average molecular weight is 403 g/mol. The minimum absolute atomic E-state index is 0.217. The summed E-state index contributed by atoms with van der Waals surface area (Å²) in [6, 6.07) is 20.7. The van der Waals surface area contributed by atoms with Crippen LogP contribution in [0.1, 0.15) is 26.3 Å². The molecule has 2 N–H and O–H groups in total. The van der Waals surface area contributed by atoms with Crippen LogP contribution in [0.15, 0.2) is 77.9 Å². The molecule has 3 rings (SSSR count). The third-order valence-electron chi connectivity index (χ3n) is 4.25. The summed E-state index contributed by atoms with van der Waals surface area (Å²) < 4.78 is 10.4. The number of hydrazone groups is 1. The van der Waals surface area contributed by atoms with E-state index in [9.17, 15) is 9.59 Å². The minimum Gasteiger partial charge on any atom is -0.497 e. The molecule has 30 heavy (non-hydrogen) atoms. The maximum Gasteiger partial charge on any atom is 0.271 e. The first kappa shape index (κ1) is 20.6. The highest BCUT2D eigenvalue weighted by molar-refractivity contribution is 6.04. The fraction of sp³-hybridized carbons (Fsp3) is 0.0870. The van der Waals surface area contributed by atoms with Crippen molar-refractivity contribution in [2.75, 3.05) is 19.5 Å². The number of nitrogens with one attached hydrogen (secondary N) is 2. The van der Waals surface area contributed by atoms with Gasteiger partial charge < -0.3 is 14.8 Å². The van der Waals surface area contributed by atoms with E-state index in [4.69, 9.17) is 9.47 Å². The molecule has 3 aromatic rings. The summed E-state index contributed by atoms with van der Waals surface area (Å²) >= 11 is 0. The summed E-state index contributed by atoms with van der Waals surface area (Å²) in [5.74, 6) is 0.642. The van der Waals surface area contributed by atoms with Crippen molar-refractivity contribution in [2.24, 2.45) is 5.10 Å². The maximum atomic E-state index is 12.3. The van der Waals surface area contributed by atoms with Gasteiger partial charge in [-0.05, 0) is 48.5 Å². The third kappa shape index (κ3) is 5.23. The van der Waals surface area contributed by atoms with Crippen LogP contribution < -0.4 is 20.2 Å². The smallest absolute Gasteiger partial charge is 0.271 e. The zero-order valence-electron chi connectivity index (χ0n) is 16.6. The van der Waals surface area contributed by atoms with Gasteiger partial charge in [0.05, 0.1) is 20.4 Å². The average Bonchev–Trinajstić information content (AvgIpc) is 2.80. The van der Waals surface area contributed by atoms with Gasteiger partial charge in [-0.2, -0.15) is 5.10 Å². The lowest BCUT2D eigenvalue weighted by atomic mass is 10.1. The summed E-state index contributed by atoms with van der Waals surface area (Å²) in [5, 5.41) is 6.76. The van der Waals surface area contributed by atoms with Gasteiger partial charge in [0, 0.05) is 28.4 Å². The highest BCUT2D eigenvalue weighted by Crippen LogP contribution is 2.23. The number of carbonyl (C=O) groups excluding carboxylic acids is 2. The SMILES string of the molecule is COc1ccc(/C=N/NC(=O)c2ccc(NC(=O)c3ccccc3)cc2)c(OC)c1. The Kier molecular flexibility index (Phi) is 6.78. The topological polar surface area (TPSA) is 89.0 Å². The molecule has 152 valence electrons. The number of anilines is 1. The zero-order valence-corrected chi connectivity index (χ0v) is 16.6. The Labute approximate surface area is 174 Å². The van der Waals surface area contributed by atoms with E-state index in [-0.39, 0.29) is 11.8 Å². The van der Waals surface area contributed by atoms with Crippen LogP contribution in [-0.2, 0) is 0 Å². The first-order valence-corrected chi connectivity index (χ1v) is 9.12. The fourth-order valence-corrected chi connectivity index (χ4v) is 2.65. The van der Waals surface area contributed by atoms with Crippen molar-refractivity contribution < 1.29 is 19.1 Å². The van der Waals surface area contributed by atoms with E-state index in [0.29, 0.717) is 33.9 Å². The van der Waals surface area contributed by atoms with Crippen LogP contribution in [0, 0.1) is 0 Å². The van der Waals surface area contributed by atoms with Crippen molar-refractivity contribution in [3.8, 4) is 11.5 Å². The van der Waals surface area contributed by atoms with E-state index in [1.807, 2.05) is 6.07 Å². The predicted octanol–water partition coefficient (Wildman–Crippen LogP) is 3.72. The van der Waals surface area contributed by atoms with Crippen molar-refractivity contribution >= 4 is 23.7 Å². The van der Waals surface area contributed by atoms with Gasteiger partial charge in [0.15, 0.2) is 0 Å². The summed E-state index contributed by atoms with van der Waals surface area (Å²) in [6.45, 7) is 0. The van der Waals surface area contributed by atoms with Gasteiger partial charge in [-0.3, -0.25) is 9.59 Å². The van der Waals surface area contributed by atoms with E-state index in [1.165, 1.54) is 6.21 Å². The standard InChI is InChI=1S/C23H21N3O4/c1-29-20-13-10-18(21(14-20)30-2)15-24-26-23(28)17-8-11-19(12-9-17)25-22(27)16-6-4-3-5-7-16/h3-15H,1-2H3,(H,25,27)(H,26,28)/b24-15+. The Morgan fingerprint density at radius 3 is 2.20 bits per heavy atom. The number of methoxy groups -OCH3 is 2. The molecule has 0 aromatic heterocycles. The Morgan fingerprint density at radius 1 is 0.833 bits per heavy atom. The molecule has 2 amide bonds. The third-order valence-corrected chi connectivity index (χ3v) is 4.25. The molecule has 7 nitrogen and oxygen atoms in total. The second kappa shape index (κ2) is 9.88. The van der Waals surface area contributed by atoms with Crippen LogP contribution in [0.2, 0.25) is 0 Å². The lowest BCUT2D eigenvalue weighted by Crippen LogP contribution is -2.18. The number of nitrogens with zero attached hydrogens (tertiary/aromatic N) is 1. The summed E-state index contributed by atoms with van der Waals surface area (Å²) in [7, 11) is 3.12. The van der Waals surface area contributed by atoms with Crippen LogP contribution in [0.4, 0.5) is 5.69 Å². The highest BCUT2D eigenvalue weighted by atomic mass is 16.5. The van der Waals surface area contributed by atoms with Gasteiger partial charge in [0.2, 0.25) is 0 Å². The van der Waals surface area contributed by atoms with Gasteiger partial charge in [-0.1, -0.05) is 18.2 Å². The number of hydrogen-bond donors (Lipinski definition) is 2. The molecule has 0 fully saturated rings. The number of rotatable bonds is 7. The first-order valence-electron chi connectivity index (χ1n) is 9.12. The van der Waals surface area contributed by atoms with Gasteiger partial charge in [0.25, 0.3) is 11.8 Å². The molecule has 0 unspecified atom stereocenters. The fourth-order valence-electron chi connectivity index (χ4n) is 2.65. The number of hydrogen-bond acceptors (Lipinski definition) is 5. The Bertz CT molecular complexity index is 1050. The predicted molar refractivity (Wildman–Crippen MR) is 115 cm³/mol. The van der Waals surface area contributed by atoms with Crippen molar-refractivity contribution in [1.82, 2.24) is 5.43 Å². The summed E-state index contributed by atoms with van der Waals surface area (Å²) in [4.78, 5) is 24.5. The molecule has 0 aliphatic heterocycles. The monoisotopic (exact) mass is 403 g/mol. The van der Waals surface area contributed by atoms with E-state index < -0.39 is 0 Å². The largest absolute Gasteiger partial charge is 0.497 e. The lowest BCUT2D eigenvalue weighted by Gasteiger charge is -2.07.